The van der Waals surface area contributed by atoms with Gasteiger partial charge in [0.25, 0.3) is 11.5 Å². The Morgan fingerprint density at radius 3 is 2.86 bits per heavy atom. The van der Waals surface area contributed by atoms with E-state index in [9.17, 15) is 14.7 Å². The Hall–Kier alpha value is -2.51. The zero-order valence-electron chi connectivity index (χ0n) is 11.5. The molecule has 0 bridgehead atoms. The van der Waals surface area contributed by atoms with Crippen molar-refractivity contribution in [2.24, 2.45) is 0 Å². The number of nitrogens with zero attached hydrogens (tertiary/aromatic N) is 2. The van der Waals surface area contributed by atoms with Gasteiger partial charge < -0.3 is 10.4 Å². The number of carbonyl (C=O) groups excluding carboxylic acids is 1. The van der Waals surface area contributed by atoms with Gasteiger partial charge in [-0.2, -0.15) is 0 Å². The SMILES string of the molecule is O=C(NC(CO)c1ccccc1)c1cnc2sccn2c1=O. The molecule has 0 saturated carbocycles. The second kappa shape index (κ2) is 6.08. The van der Waals surface area contributed by atoms with Crippen LogP contribution in [-0.2, 0) is 0 Å². The maximum Gasteiger partial charge on any atom is 0.271 e. The zero-order valence-corrected chi connectivity index (χ0v) is 12.3. The number of benzene rings is 1. The van der Waals surface area contributed by atoms with Crippen LogP contribution < -0.4 is 10.9 Å². The minimum absolute atomic E-state index is 0.0507. The second-order valence-corrected chi connectivity index (χ2v) is 5.52. The summed E-state index contributed by atoms with van der Waals surface area (Å²) in [6.45, 7) is -0.259. The molecule has 0 fully saturated rings. The summed E-state index contributed by atoms with van der Waals surface area (Å²) in [5, 5.41) is 13.9. The van der Waals surface area contributed by atoms with Gasteiger partial charge >= 0.3 is 0 Å². The summed E-state index contributed by atoms with van der Waals surface area (Å²) in [6.07, 6.45) is 2.84. The van der Waals surface area contributed by atoms with Crippen molar-refractivity contribution in [1.82, 2.24) is 14.7 Å². The standard InChI is InChI=1S/C15H13N3O3S/c19-9-12(10-4-2-1-3-5-10)17-13(20)11-8-16-15-18(14(11)21)6-7-22-15/h1-8,12,19H,9H2,(H,17,20). The number of aromatic nitrogens is 2. The van der Waals surface area contributed by atoms with E-state index in [1.165, 1.54) is 21.9 Å². The third-order valence-corrected chi connectivity index (χ3v) is 4.05. The fraction of sp³-hybridized carbons (Fsp3) is 0.133. The van der Waals surface area contributed by atoms with Crippen molar-refractivity contribution in [2.75, 3.05) is 6.61 Å². The molecule has 0 aliphatic rings. The minimum atomic E-state index is -0.573. The van der Waals surface area contributed by atoms with E-state index in [1.54, 1.807) is 23.7 Å². The molecule has 0 aliphatic carbocycles. The van der Waals surface area contributed by atoms with Crippen LogP contribution in [0.2, 0.25) is 0 Å². The molecule has 112 valence electrons. The highest BCUT2D eigenvalue weighted by Gasteiger charge is 2.18. The van der Waals surface area contributed by atoms with Crippen molar-refractivity contribution < 1.29 is 9.90 Å². The first kappa shape index (κ1) is 14.4. The molecule has 0 spiro atoms. The number of thiazole rings is 1. The summed E-state index contributed by atoms with van der Waals surface area (Å²) in [4.78, 5) is 29.2. The van der Waals surface area contributed by atoms with Gasteiger partial charge in [0.15, 0.2) is 4.96 Å². The van der Waals surface area contributed by atoms with E-state index >= 15 is 0 Å². The van der Waals surface area contributed by atoms with Gasteiger partial charge in [-0.05, 0) is 5.56 Å². The molecule has 3 aromatic rings. The highest BCUT2D eigenvalue weighted by molar-refractivity contribution is 7.15. The topological polar surface area (TPSA) is 83.7 Å². The van der Waals surface area contributed by atoms with Crippen LogP contribution in [0.5, 0.6) is 0 Å². The van der Waals surface area contributed by atoms with Crippen molar-refractivity contribution in [2.45, 2.75) is 6.04 Å². The van der Waals surface area contributed by atoms with Crippen molar-refractivity contribution in [3.05, 3.63) is 69.6 Å². The predicted octanol–water partition coefficient (Wildman–Crippen LogP) is 1.22. The largest absolute Gasteiger partial charge is 0.394 e. The van der Waals surface area contributed by atoms with E-state index in [0.29, 0.717) is 4.96 Å². The summed E-state index contributed by atoms with van der Waals surface area (Å²) >= 11 is 1.32. The van der Waals surface area contributed by atoms with Gasteiger partial charge in [0.2, 0.25) is 0 Å². The van der Waals surface area contributed by atoms with Crippen LogP contribution in [-0.4, -0.2) is 27.0 Å². The molecule has 7 heteroatoms. The lowest BCUT2D eigenvalue weighted by molar-refractivity contribution is 0.0914. The molecule has 0 radical (unpaired) electrons. The molecule has 22 heavy (non-hydrogen) atoms. The second-order valence-electron chi connectivity index (χ2n) is 4.65. The molecule has 2 aromatic heterocycles. The van der Waals surface area contributed by atoms with Crippen LogP contribution >= 0.6 is 11.3 Å². The number of aliphatic hydroxyl groups excluding tert-OH is 1. The van der Waals surface area contributed by atoms with Gasteiger partial charge in [0.05, 0.1) is 12.6 Å². The smallest absolute Gasteiger partial charge is 0.271 e. The minimum Gasteiger partial charge on any atom is -0.394 e. The molecule has 0 aliphatic heterocycles. The highest BCUT2D eigenvalue weighted by atomic mass is 32.1. The monoisotopic (exact) mass is 315 g/mol. The number of nitrogens with one attached hydrogen (secondary N) is 1. The van der Waals surface area contributed by atoms with Gasteiger partial charge in [-0.25, -0.2) is 4.98 Å². The molecule has 1 aromatic carbocycles. The third-order valence-electron chi connectivity index (χ3n) is 3.28. The number of carbonyl (C=O) groups is 1. The molecule has 2 N–H and O–H groups in total. The van der Waals surface area contributed by atoms with Gasteiger partial charge in [-0.3, -0.25) is 14.0 Å². The Balaban J connectivity index is 1.89. The average Bonchev–Trinajstić information content (AvgIpc) is 3.03. The first-order valence-corrected chi connectivity index (χ1v) is 7.50. The maximum atomic E-state index is 12.3. The normalized spacial score (nSPS) is 12.2. The van der Waals surface area contributed by atoms with E-state index in [4.69, 9.17) is 0 Å². The Kier molecular flexibility index (Phi) is 3.99. The van der Waals surface area contributed by atoms with E-state index in [1.807, 2.05) is 18.2 Å². The van der Waals surface area contributed by atoms with E-state index in [-0.39, 0.29) is 12.2 Å². The fourth-order valence-corrected chi connectivity index (χ4v) is 2.81. The molecule has 0 saturated heterocycles. The Morgan fingerprint density at radius 1 is 1.36 bits per heavy atom. The van der Waals surface area contributed by atoms with Gasteiger partial charge in [0.1, 0.15) is 5.56 Å². The molecule has 1 amide bonds. The summed E-state index contributed by atoms with van der Waals surface area (Å²) in [7, 11) is 0. The Labute approximate surface area is 129 Å². The third kappa shape index (κ3) is 2.63. The van der Waals surface area contributed by atoms with Crippen molar-refractivity contribution in [1.29, 1.82) is 0 Å². The van der Waals surface area contributed by atoms with Crippen LogP contribution in [0.25, 0.3) is 4.96 Å². The Morgan fingerprint density at radius 2 is 2.14 bits per heavy atom. The molecular weight excluding hydrogens is 302 g/mol. The van der Waals surface area contributed by atoms with Crippen LogP contribution in [0.15, 0.2) is 52.9 Å². The number of hydrogen-bond acceptors (Lipinski definition) is 5. The lowest BCUT2D eigenvalue weighted by Gasteiger charge is -2.16. The van der Waals surface area contributed by atoms with Crippen LogP contribution in [0.3, 0.4) is 0 Å². The number of fused-ring (bicyclic) bond motifs is 1. The van der Waals surface area contributed by atoms with Crippen molar-refractivity contribution in [3.63, 3.8) is 0 Å². The number of hydrogen-bond donors (Lipinski definition) is 2. The summed E-state index contributed by atoms with van der Waals surface area (Å²) in [6, 6.07) is 8.51. The number of rotatable bonds is 4. The number of amides is 1. The Bertz CT molecular complexity index is 857. The van der Waals surface area contributed by atoms with Gasteiger partial charge in [-0.15, -0.1) is 11.3 Å². The summed E-state index contributed by atoms with van der Waals surface area (Å²) in [5.74, 6) is -0.555. The number of aliphatic hydroxyl groups is 1. The zero-order chi connectivity index (χ0) is 15.5. The quantitative estimate of drug-likeness (QED) is 0.758. The van der Waals surface area contributed by atoms with Crippen LogP contribution in [0.1, 0.15) is 22.0 Å². The van der Waals surface area contributed by atoms with E-state index < -0.39 is 17.5 Å². The lowest BCUT2D eigenvalue weighted by Crippen LogP contribution is -2.35. The lowest BCUT2D eigenvalue weighted by atomic mass is 10.1. The first-order chi connectivity index (χ1) is 10.7. The average molecular weight is 315 g/mol. The molecule has 1 atom stereocenters. The predicted molar refractivity (Wildman–Crippen MR) is 83.1 cm³/mol. The molecule has 3 rings (SSSR count). The summed E-state index contributed by atoms with van der Waals surface area (Å²) in [5.41, 5.74) is 0.293. The van der Waals surface area contributed by atoms with Crippen LogP contribution in [0, 0.1) is 0 Å². The highest BCUT2D eigenvalue weighted by Crippen LogP contribution is 2.12. The van der Waals surface area contributed by atoms with Gasteiger partial charge in [-0.1, -0.05) is 30.3 Å². The first-order valence-electron chi connectivity index (χ1n) is 6.62. The van der Waals surface area contributed by atoms with E-state index in [2.05, 4.69) is 10.3 Å². The van der Waals surface area contributed by atoms with Crippen molar-refractivity contribution >= 4 is 22.2 Å². The van der Waals surface area contributed by atoms with Crippen LogP contribution in [0.4, 0.5) is 0 Å². The summed E-state index contributed by atoms with van der Waals surface area (Å²) < 4.78 is 1.33. The van der Waals surface area contributed by atoms with E-state index in [0.717, 1.165) is 5.56 Å². The van der Waals surface area contributed by atoms with Crippen molar-refractivity contribution in [3.8, 4) is 0 Å². The fourth-order valence-electron chi connectivity index (χ4n) is 2.14. The van der Waals surface area contributed by atoms with Gasteiger partial charge in [0, 0.05) is 17.8 Å². The molecule has 2 heterocycles. The molecular formula is C15H13N3O3S. The maximum absolute atomic E-state index is 12.3. The molecule has 1 unspecified atom stereocenters. The molecule has 6 nitrogen and oxygen atoms in total.